The molecule has 6 heteroatoms. The fraction of sp³-hybridized carbons (Fsp3) is 0.389. The molecule has 0 atom stereocenters. The Kier molecular flexibility index (Phi) is 4.76. The van der Waals surface area contributed by atoms with Crippen LogP contribution in [0.15, 0.2) is 30.6 Å². The van der Waals surface area contributed by atoms with E-state index in [1.807, 2.05) is 24.0 Å². The number of benzene rings is 1. The summed E-state index contributed by atoms with van der Waals surface area (Å²) < 4.78 is 0. The Hall–Kier alpha value is -2.47. The minimum Gasteiger partial charge on any atom is -0.336 e. The molecule has 1 fully saturated rings. The molecule has 0 radical (unpaired) electrons. The largest absolute Gasteiger partial charge is 0.336 e. The van der Waals surface area contributed by atoms with Crippen molar-refractivity contribution in [2.45, 2.75) is 13.8 Å². The van der Waals surface area contributed by atoms with E-state index in [0.29, 0.717) is 11.5 Å². The molecule has 0 aliphatic carbocycles. The Labute approximate surface area is 142 Å². The van der Waals surface area contributed by atoms with Crippen LogP contribution in [0.5, 0.6) is 0 Å². The topological polar surface area (TPSA) is 61.4 Å². The van der Waals surface area contributed by atoms with Crippen molar-refractivity contribution in [3.05, 3.63) is 47.3 Å². The second-order valence-corrected chi connectivity index (χ2v) is 6.33. The standard InChI is InChI=1S/C18H23N5O/c1-13-4-5-16(14(2)10-13)21-18-19-11-15(12-20-18)17(24)23-8-6-22(3)7-9-23/h4-5,10-12H,6-9H2,1-3H3,(H,19,20,21). The molecular formula is C18H23N5O. The molecule has 1 aromatic carbocycles. The maximum Gasteiger partial charge on any atom is 0.257 e. The number of carbonyl (C=O) groups is 1. The highest BCUT2D eigenvalue weighted by molar-refractivity contribution is 5.93. The molecular weight excluding hydrogens is 302 g/mol. The Morgan fingerprint density at radius 2 is 1.75 bits per heavy atom. The van der Waals surface area contributed by atoms with Crippen molar-refractivity contribution in [2.24, 2.45) is 0 Å². The third kappa shape index (κ3) is 3.71. The number of likely N-dealkylation sites (N-methyl/N-ethyl adjacent to an activating group) is 1. The van der Waals surface area contributed by atoms with Crippen molar-refractivity contribution in [3.8, 4) is 0 Å². The molecule has 2 heterocycles. The average Bonchev–Trinajstić information content (AvgIpc) is 2.58. The first-order valence-electron chi connectivity index (χ1n) is 8.17. The number of carbonyl (C=O) groups excluding carboxylic acids is 1. The van der Waals surface area contributed by atoms with Gasteiger partial charge in [0.1, 0.15) is 0 Å². The van der Waals surface area contributed by atoms with Gasteiger partial charge in [-0.3, -0.25) is 4.79 Å². The molecule has 0 bridgehead atoms. The highest BCUT2D eigenvalue weighted by atomic mass is 16.2. The molecule has 24 heavy (non-hydrogen) atoms. The van der Waals surface area contributed by atoms with Gasteiger partial charge < -0.3 is 15.1 Å². The van der Waals surface area contributed by atoms with Crippen molar-refractivity contribution >= 4 is 17.5 Å². The summed E-state index contributed by atoms with van der Waals surface area (Å²) in [4.78, 5) is 25.1. The Morgan fingerprint density at radius 3 is 2.38 bits per heavy atom. The fourth-order valence-electron chi connectivity index (χ4n) is 2.77. The molecule has 6 nitrogen and oxygen atoms in total. The Bertz CT molecular complexity index is 721. The molecule has 0 saturated carbocycles. The fourth-order valence-corrected chi connectivity index (χ4v) is 2.77. The second-order valence-electron chi connectivity index (χ2n) is 6.33. The molecule has 0 unspecified atom stereocenters. The van der Waals surface area contributed by atoms with Crippen molar-refractivity contribution in [1.82, 2.24) is 19.8 Å². The maximum atomic E-state index is 12.5. The molecule has 1 aromatic heterocycles. The normalized spacial score (nSPS) is 15.4. The van der Waals surface area contributed by atoms with Crippen LogP contribution in [0.3, 0.4) is 0 Å². The number of nitrogens with one attached hydrogen (secondary N) is 1. The molecule has 2 aromatic rings. The number of rotatable bonds is 3. The lowest BCUT2D eigenvalue weighted by Crippen LogP contribution is -2.47. The molecule has 126 valence electrons. The summed E-state index contributed by atoms with van der Waals surface area (Å²) in [5.74, 6) is 0.498. The number of hydrogen-bond donors (Lipinski definition) is 1. The summed E-state index contributed by atoms with van der Waals surface area (Å²) >= 11 is 0. The first-order valence-corrected chi connectivity index (χ1v) is 8.17. The predicted octanol–water partition coefficient (Wildman–Crippen LogP) is 2.22. The predicted molar refractivity (Wildman–Crippen MR) is 94.6 cm³/mol. The number of aryl methyl sites for hydroxylation is 2. The first-order chi connectivity index (χ1) is 11.5. The van der Waals surface area contributed by atoms with Crippen molar-refractivity contribution < 1.29 is 4.79 Å². The first kappa shape index (κ1) is 16.4. The van der Waals surface area contributed by atoms with Crippen molar-refractivity contribution in [2.75, 3.05) is 38.5 Å². The Morgan fingerprint density at radius 1 is 1.08 bits per heavy atom. The van der Waals surface area contributed by atoms with Crippen molar-refractivity contribution in [3.63, 3.8) is 0 Å². The van der Waals surface area contributed by atoms with Crippen LogP contribution < -0.4 is 5.32 Å². The summed E-state index contributed by atoms with van der Waals surface area (Å²) in [5.41, 5.74) is 3.85. The third-order valence-corrected chi connectivity index (χ3v) is 4.32. The second kappa shape index (κ2) is 6.97. The van der Waals surface area contributed by atoms with Crippen LogP contribution in [0.4, 0.5) is 11.6 Å². The SMILES string of the molecule is Cc1ccc(Nc2ncc(C(=O)N3CCN(C)CC3)cn2)c(C)c1. The van der Waals surface area contributed by atoms with E-state index in [2.05, 4.69) is 40.2 Å². The zero-order chi connectivity index (χ0) is 17.1. The van der Waals surface area contributed by atoms with Gasteiger partial charge in [0.25, 0.3) is 5.91 Å². The van der Waals surface area contributed by atoms with Crippen LogP contribution in [-0.4, -0.2) is 58.9 Å². The smallest absolute Gasteiger partial charge is 0.257 e. The van der Waals surface area contributed by atoms with Gasteiger partial charge >= 0.3 is 0 Å². The molecule has 3 rings (SSSR count). The molecule has 1 saturated heterocycles. The lowest BCUT2D eigenvalue weighted by atomic mass is 10.1. The van der Waals surface area contributed by atoms with Gasteiger partial charge in [-0.2, -0.15) is 0 Å². The van der Waals surface area contributed by atoms with E-state index in [4.69, 9.17) is 0 Å². The van der Waals surface area contributed by atoms with E-state index in [1.165, 1.54) is 5.56 Å². The van der Waals surface area contributed by atoms with Gasteiger partial charge in [-0.25, -0.2) is 9.97 Å². The van der Waals surface area contributed by atoms with E-state index in [9.17, 15) is 4.79 Å². The quantitative estimate of drug-likeness (QED) is 0.937. The van der Waals surface area contributed by atoms with Gasteiger partial charge in [0.15, 0.2) is 0 Å². The van der Waals surface area contributed by atoms with Crippen molar-refractivity contribution in [1.29, 1.82) is 0 Å². The van der Waals surface area contributed by atoms with Gasteiger partial charge in [0.2, 0.25) is 5.95 Å². The van der Waals surface area contributed by atoms with E-state index >= 15 is 0 Å². The summed E-state index contributed by atoms with van der Waals surface area (Å²) in [6.45, 7) is 7.40. The van der Waals surface area contributed by atoms with Crippen LogP contribution in [0, 0.1) is 13.8 Å². The van der Waals surface area contributed by atoms with Crippen LogP contribution in [0.25, 0.3) is 0 Å². The number of piperazine rings is 1. The number of hydrogen-bond acceptors (Lipinski definition) is 5. The lowest BCUT2D eigenvalue weighted by molar-refractivity contribution is 0.0663. The summed E-state index contributed by atoms with van der Waals surface area (Å²) in [6.07, 6.45) is 3.19. The van der Waals surface area contributed by atoms with Gasteiger partial charge in [-0.15, -0.1) is 0 Å². The van der Waals surface area contributed by atoms with Crippen LogP contribution >= 0.6 is 0 Å². The van der Waals surface area contributed by atoms with Crippen LogP contribution in [-0.2, 0) is 0 Å². The zero-order valence-corrected chi connectivity index (χ0v) is 14.4. The number of anilines is 2. The molecule has 1 amide bonds. The highest BCUT2D eigenvalue weighted by Gasteiger charge is 2.20. The summed E-state index contributed by atoms with van der Waals surface area (Å²) in [7, 11) is 2.07. The molecule has 1 N–H and O–H groups in total. The Balaban J connectivity index is 1.68. The van der Waals surface area contributed by atoms with Gasteiger partial charge in [-0.1, -0.05) is 17.7 Å². The van der Waals surface area contributed by atoms with Gasteiger partial charge in [-0.05, 0) is 32.5 Å². The van der Waals surface area contributed by atoms with Gasteiger partial charge in [0.05, 0.1) is 5.56 Å². The summed E-state index contributed by atoms with van der Waals surface area (Å²) in [6, 6.07) is 6.16. The monoisotopic (exact) mass is 325 g/mol. The van der Waals surface area contributed by atoms with E-state index < -0.39 is 0 Å². The minimum atomic E-state index is 0.00108. The minimum absolute atomic E-state index is 0.00108. The molecule has 1 aliphatic heterocycles. The number of aromatic nitrogens is 2. The highest BCUT2D eigenvalue weighted by Crippen LogP contribution is 2.19. The van der Waals surface area contributed by atoms with Crippen LogP contribution in [0.1, 0.15) is 21.5 Å². The zero-order valence-electron chi connectivity index (χ0n) is 14.4. The average molecular weight is 325 g/mol. The van der Waals surface area contributed by atoms with E-state index in [-0.39, 0.29) is 5.91 Å². The van der Waals surface area contributed by atoms with Gasteiger partial charge in [0, 0.05) is 44.3 Å². The number of nitrogens with zero attached hydrogens (tertiary/aromatic N) is 4. The third-order valence-electron chi connectivity index (χ3n) is 4.32. The summed E-state index contributed by atoms with van der Waals surface area (Å²) in [5, 5.41) is 3.20. The maximum absolute atomic E-state index is 12.5. The number of amides is 1. The van der Waals surface area contributed by atoms with E-state index in [0.717, 1.165) is 37.4 Å². The molecule has 0 spiro atoms. The molecule has 1 aliphatic rings. The van der Waals surface area contributed by atoms with E-state index in [1.54, 1.807) is 12.4 Å². The lowest BCUT2D eigenvalue weighted by Gasteiger charge is -2.32. The van der Waals surface area contributed by atoms with Crippen LogP contribution in [0.2, 0.25) is 0 Å².